The monoisotopic (exact) mass is 410 g/mol. The second-order valence-corrected chi connectivity index (χ2v) is 7.82. The van der Waals surface area contributed by atoms with Crippen molar-refractivity contribution < 1.29 is 19.2 Å². The molecule has 4 amide bonds. The Morgan fingerprint density at radius 3 is 2.50 bits per heavy atom. The molecule has 8 nitrogen and oxygen atoms in total. The number of imide groups is 1. The van der Waals surface area contributed by atoms with Crippen molar-refractivity contribution in [1.29, 1.82) is 0 Å². The molecule has 1 saturated heterocycles. The van der Waals surface area contributed by atoms with Crippen molar-refractivity contribution in [2.45, 2.75) is 39.2 Å². The lowest BCUT2D eigenvalue weighted by Crippen LogP contribution is -2.85. The molecule has 30 heavy (non-hydrogen) atoms. The molecular weight excluding hydrogens is 384 g/mol. The lowest BCUT2D eigenvalue weighted by atomic mass is 9.75. The molecule has 1 aliphatic carbocycles. The molecule has 1 aromatic rings. The van der Waals surface area contributed by atoms with Crippen LogP contribution in [0.4, 0.5) is 10.5 Å². The summed E-state index contributed by atoms with van der Waals surface area (Å²) < 4.78 is -0.892. The van der Waals surface area contributed by atoms with E-state index >= 15 is 0 Å². The second-order valence-electron chi connectivity index (χ2n) is 7.82. The molecule has 1 aliphatic heterocycles. The largest absolute Gasteiger partial charge is 0.454 e. The maximum atomic E-state index is 13.7. The summed E-state index contributed by atoms with van der Waals surface area (Å²) in [7, 11) is 0. The third-order valence-electron chi connectivity index (χ3n) is 5.65. The molecular formula is C22H26N4O4+. The summed E-state index contributed by atoms with van der Waals surface area (Å²) in [6.45, 7) is 5.03. The Labute approximate surface area is 175 Å². The number of hydrogen-bond acceptors (Lipinski definition) is 5. The maximum absolute atomic E-state index is 13.7. The average Bonchev–Trinajstić information content (AvgIpc) is 2.73. The minimum Gasteiger partial charge on any atom is -0.398 e. The van der Waals surface area contributed by atoms with E-state index in [4.69, 9.17) is 5.73 Å². The highest BCUT2D eigenvalue weighted by Gasteiger charge is 2.68. The molecule has 1 fully saturated rings. The van der Waals surface area contributed by atoms with E-state index in [1.807, 2.05) is 0 Å². The van der Waals surface area contributed by atoms with Gasteiger partial charge in [0.15, 0.2) is 5.69 Å². The first-order chi connectivity index (χ1) is 14.2. The average molecular weight is 410 g/mol. The van der Waals surface area contributed by atoms with E-state index in [1.165, 1.54) is 6.08 Å². The van der Waals surface area contributed by atoms with Gasteiger partial charge < -0.3 is 5.73 Å². The Kier molecular flexibility index (Phi) is 5.63. The molecule has 1 heterocycles. The highest BCUT2D eigenvalue weighted by molar-refractivity contribution is 6.16. The number of urea groups is 1. The SMILES string of the molecule is CCC1C(=O)N[N+](C(=O)NC(=O)C(C)C)(c2ccccc2)C2(C=CC(N)=[C]C2)C1=O. The van der Waals surface area contributed by atoms with Gasteiger partial charge in [-0.3, -0.25) is 14.4 Å². The van der Waals surface area contributed by atoms with Crippen molar-refractivity contribution in [3.63, 3.8) is 0 Å². The Balaban J connectivity index is 2.28. The van der Waals surface area contributed by atoms with Gasteiger partial charge in [0.05, 0.1) is 0 Å². The zero-order valence-electron chi connectivity index (χ0n) is 17.3. The third kappa shape index (κ3) is 3.13. The molecule has 3 unspecified atom stereocenters. The number of amides is 4. The highest BCUT2D eigenvalue weighted by atomic mass is 16.2. The van der Waals surface area contributed by atoms with Crippen LogP contribution in [0.25, 0.3) is 0 Å². The van der Waals surface area contributed by atoms with Crippen LogP contribution < -0.4 is 21.1 Å². The van der Waals surface area contributed by atoms with Gasteiger partial charge in [0.1, 0.15) is 5.92 Å². The minimum atomic E-state index is -1.53. The summed E-state index contributed by atoms with van der Waals surface area (Å²) in [4.78, 5) is 52.7. The van der Waals surface area contributed by atoms with Crippen LogP contribution in [-0.2, 0) is 14.4 Å². The van der Waals surface area contributed by atoms with Gasteiger partial charge in [0, 0.05) is 30.2 Å². The summed E-state index contributed by atoms with van der Waals surface area (Å²) in [5.74, 6) is -2.90. The topological polar surface area (TPSA) is 118 Å². The second kappa shape index (κ2) is 7.87. The number of allylic oxidation sites excluding steroid dienone is 1. The molecule has 2 aliphatic rings. The summed E-state index contributed by atoms with van der Waals surface area (Å²) in [6, 6.07) is 7.61. The van der Waals surface area contributed by atoms with E-state index in [1.54, 1.807) is 57.2 Å². The lowest BCUT2D eigenvalue weighted by Gasteiger charge is -2.50. The molecule has 1 aromatic carbocycles. The molecule has 0 bridgehead atoms. The first kappa shape index (κ1) is 21.4. The fourth-order valence-corrected chi connectivity index (χ4v) is 3.91. The number of benzene rings is 1. The van der Waals surface area contributed by atoms with Crippen molar-refractivity contribution in [1.82, 2.24) is 15.3 Å². The molecule has 3 atom stereocenters. The first-order valence-electron chi connectivity index (χ1n) is 9.91. The Bertz CT molecular complexity index is 953. The van der Waals surface area contributed by atoms with Crippen LogP contribution in [0.5, 0.6) is 0 Å². The van der Waals surface area contributed by atoms with E-state index in [0.717, 1.165) is 0 Å². The zero-order valence-corrected chi connectivity index (χ0v) is 17.3. The van der Waals surface area contributed by atoms with Crippen molar-refractivity contribution >= 4 is 29.3 Å². The van der Waals surface area contributed by atoms with E-state index in [2.05, 4.69) is 16.8 Å². The van der Waals surface area contributed by atoms with Gasteiger partial charge in [-0.15, -0.1) is 0 Å². The van der Waals surface area contributed by atoms with Crippen LogP contribution in [0.15, 0.2) is 48.2 Å². The van der Waals surface area contributed by atoms with E-state index < -0.39 is 45.6 Å². The number of carbonyl (C=O) groups excluding carboxylic acids is 4. The van der Waals surface area contributed by atoms with Gasteiger partial charge in [-0.2, -0.15) is 5.43 Å². The number of nitrogens with two attached hydrogens (primary N) is 1. The zero-order chi connectivity index (χ0) is 22.1. The molecule has 0 aromatic heterocycles. The number of para-hydroxylation sites is 1. The van der Waals surface area contributed by atoms with Crippen molar-refractivity contribution in [2.75, 3.05) is 0 Å². The van der Waals surface area contributed by atoms with Crippen LogP contribution >= 0.6 is 0 Å². The fourth-order valence-electron chi connectivity index (χ4n) is 3.91. The smallest absolute Gasteiger partial charge is 0.398 e. The van der Waals surface area contributed by atoms with E-state index in [9.17, 15) is 19.2 Å². The molecule has 8 heteroatoms. The number of quaternary nitrogens is 1. The van der Waals surface area contributed by atoms with Crippen LogP contribution in [0.1, 0.15) is 33.6 Å². The minimum absolute atomic E-state index is 0.0247. The normalized spacial score (nSPS) is 28.3. The van der Waals surface area contributed by atoms with Gasteiger partial charge in [-0.1, -0.05) is 43.6 Å². The van der Waals surface area contributed by atoms with Gasteiger partial charge in [0.25, 0.3) is 5.91 Å². The molecule has 1 radical (unpaired) electrons. The molecule has 3 rings (SSSR count). The molecule has 157 valence electrons. The standard InChI is InChI=1S/C22H25N4O4/c1-4-17-18(27)22(12-10-15(23)11-13-22)26(25-20(17)29,16-8-6-5-7-9-16)21(30)24-19(28)14(2)3/h5-10,12,14,17H,4,13,23H2,1-3H3,(H-,24,25,28,29,30)/p+1. The third-order valence-corrected chi connectivity index (χ3v) is 5.65. The highest BCUT2D eigenvalue weighted by Crippen LogP contribution is 2.43. The van der Waals surface area contributed by atoms with Crippen LogP contribution in [0, 0.1) is 17.9 Å². The van der Waals surface area contributed by atoms with Crippen molar-refractivity contribution in [2.24, 2.45) is 17.6 Å². The number of carbonyl (C=O) groups is 4. The van der Waals surface area contributed by atoms with Crippen molar-refractivity contribution in [3.05, 3.63) is 54.3 Å². The van der Waals surface area contributed by atoms with Crippen LogP contribution in [0.2, 0.25) is 0 Å². The van der Waals surface area contributed by atoms with E-state index in [-0.39, 0.29) is 12.8 Å². The molecule has 0 saturated carbocycles. The summed E-state index contributed by atoms with van der Waals surface area (Å²) in [6.07, 6.45) is 6.26. The Hall–Kier alpha value is -3.26. The number of ketones is 1. The Morgan fingerprint density at radius 2 is 1.97 bits per heavy atom. The summed E-state index contributed by atoms with van der Waals surface area (Å²) in [5, 5.41) is 2.37. The van der Waals surface area contributed by atoms with Gasteiger partial charge >= 0.3 is 6.03 Å². The number of rotatable bonds is 3. The summed E-state index contributed by atoms with van der Waals surface area (Å²) >= 11 is 0. The van der Waals surface area contributed by atoms with Crippen LogP contribution in [-0.4, -0.2) is 29.2 Å². The number of Topliss-reactive ketones (excluding diaryl/α,β-unsaturated/α-hetero) is 1. The quantitative estimate of drug-likeness (QED) is 0.519. The van der Waals surface area contributed by atoms with Gasteiger partial charge in [-0.05, 0) is 24.6 Å². The number of nitrogens with zero attached hydrogens (tertiary/aromatic N) is 1. The van der Waals surface area contributed by atoms with Gasteiger partial charge in [0.2, 0.25) is 17.2 Å². The van der Waals surface area contributed by atoms with Gasteiger partial charge in [-0.25, -0.2) is 10.1 Å². The molecule has 4 N–H and O–H groups in total. The summed E-state index contributed by atoms with van der Waals surface area (Å²) in [5.41, 5.74) is 7.77. The van der Waals surface area contributed by atoms with E-state index in [0.29, 0.717) is 11.4 Å². The van der Waals surface area contributed by atoms with Crippen LogP contribution in [0.3, 0.4) is 0 Å². The Morgan fingerprint density at radius 1 is 1.30 bits per heavy atom. The predicted molar refractivity (Wildman–Crippen MR) is 111 cm³/mol. The fraction of sp³-hybridized carbons (Fsp3) is 0.364. The predicted octanol–water partition coefficient (Wildman–Crippen LogP) is 1.87. The lowest BCUT2D eigenvalue weighted by molar-refractivity contribution is -0.150. The number of nitrogens with one attached hydrogen (secondary N) is 2. The first-order valence-corrected chi connectivity index (χ1v) is 9.91. The maximum Gasteiger partial charge on any atom is 0.454 e. The number of hydrogen-bond donors (Lipinski definition) is 3. The van der Waals surface area contributed by atoms with Crippen molar-refractivity contribution in [3.8, 4) is 0 Å². The molecule has 1 spiro atoms.